The number of aromatic nitrogens is 1. The molecule has 1 aromatic heterocycles. The molecule has 0 atom stereocenters. The molecule has 0 spiro atoms. The summed E-state index contributed by atoms with van der Waals surface area (Å²) in [5, 5.41) is 9.81. The highest BCUT2D eigenvalue weighted by Crippen LogP contribution is 2.36. The maximum atomic E-state index is 9.81. The van der Waals surface area contributed by atoms with Crippen molar-refractivity contribution in [2.45, 2.75) is 92.7 Å². The monoisotopic (exact) mass is 391 g/mol. The summed E-state index contributed by atoms with van der Waals surface area (Å²) in [4.78, 5) is 3.59. The molecule has 0 aliphatic carbocycles. The maximum Gasteiger partial charge on any atom is 0.139 e. The van der Waals surface area contributed by atoms with Gasteiger partial charge in [-0.2, -0.15) is 5.26 Å². The fourth-order valence-electron chi connectivity index (χ4n) is 3.94. The van der Waals surface area contributed by atoms with Crippen LogP contribution in [0.3, 0.4) is 0 Å². The number of anilines is 1. The van der Waals surface area contributed by atoms with Crippen molar-refractivity contribution in [2.24, 2.45) is 11.8 Å². The number of rotatable bonds is 9. The van der Waals surface area contributed by atoms with Crippen molar-refractivity contribution in [3.05, 3.63) is 16.8 Å². The molecule has 0 aliphatic heterocycles. The molecular weight excluding hydrogens is 350 g/mol. The first-order chi connectivity index (χ1) is 11.8. The van der Waals surface area contributed by atoms with Gasteiger partial charge >= 0.3 is 0 Å². The van der Waals surface area contributed by atoms with Crippen LogP contribution in [0.4, 0.5) is 5.82 Å². The van der Waals surface area contributed by atoms with Crippen molar-refractivity contribution >= 4 is 22.3 Å². The van der Waals surface area contributed by atoms with Crippen LogP contribution >= 0.6 is 0 Å². The number of aromatic amines is 1. The lowest BCUT2D eigenvalue weighted by Gasteiger charge is -2.45. The van der Waals surface area contributed by atoms with Crippen LogP contribution in [0.25, 0.3) is 0 Å². The molecule has 0 amide bonds. The highest BCUT2D eigenvalue weighted by atomic mass is 28.4. The fraction of sp³-hybridized carbons (Fsp3) is 0.762. The van der Waals surface area contributed by atoms with E-state index >= 15 is 0 Å². The first-order valence-corrected chi connectivity index (χ1v) is 17.1. The van der Waals surface area contributed by atoms with E-state index in [1.165, 1.54) is 23.4 Å². The van der Waals surface area contributed by atoms with Gasteiger partial charge in [0.1, 0.15) is 28.2 Å². The van der Waals surface area contributed by atoms with E-state index in [9.17, 15) is 5.26 Å². The van der Waals surface area contributed by atoms with Gasteiger partial charge < -0.3 is 9.22 Å². The molecule has 148 valence electrons. The molecule has 0 unspecified atom stereocenters. The van der Waals surface area contributed by atoms with E-state index < -0.39 is 16.5 Å². The Kier molecular flexibility index (Phi) is 7.79. The Morgan fingerprint density at radius 1 is 0.846 bits per heavy atom. The molecule has 1 N–H and O–H groups in total. The second-order valence-corrected chi connectivity index (χ2v) is 20.5. The first kappa shape index (κ1) is 23.0. The maximum absolute atomic E-state index is 9.81. The van der Waals surface area contributed by atoms with E-state index in [0.717, 1.165) is 25.0 Å². The summed E-state index contributed by atoms with van der Waals surface area (Å²) in [6, 6.07) is 2.47. The smallest absolute Gasteiger partial charge is 0.139 e. The molecule has 26 heavy (non-hydrogen) atoms. The minimum atomic E-state index is -1.56. The lowest BCUT2D eigenvalue weighted by molar-refractivity contribution is 0.572. The van der Waals surface area contributed by atoms with Gasteiger partial charge in [0.2, 0.25) is 0 Å². The molecule has 0 aromatic carbocycles. The second-order valence-electron chi connectivity index (χ2n) is 10.5. The molecule has 3 nitrogen and oxygen atoms in total. The Bertz CT molecular complexity index is 611. The summed E-state index contributed by atoms with van der Waals surface area (Å²) in [5.74, 6) is 2.61. The molecule has 1 rings (SSSR count). The summed E-state index contributed by atoms with van der Waals surface area (Å²) in [7, 11) is -3.13. The molecule has 5 heteroatoms. The van der Waals surface area contributed by atoms with E-state index in [4.69, 9.17) is 0 Å². The topological polar surface area (TPSA) is 42.8 Å². The van der Waals surface area contributed by atoms with E-state index in [1.807, 2.05) is 0 Å². The predicted octanol–water partition coefficient (Wildman–Crippen LogP) is 6.54. The van der Waals surface area contributed by atoms with Gasteiger partial charge in [-0.05, 0) is 48.6 Å². The third kappa shape index (κ3) is 6.02. The molecule has 0 radical (unpaired) electrons. The standard InChI is InChI=1S/C21H41N3Si2/c1-16(2)11-13-18-19(14-12-17(3)4)21(23-20(18)15-22)24(25(5,6)7)26(8,9)10/h16-17,23H,11-14H2,1-10H3. The average molecular weight is 392 g/mol. The minimum Gasteiger partial charge on any atom is -0.411 e. The lowest BCUT2D eigenvalue weighted by atomic mass is 9.95. The lowest BCUT2D eigenvalue weighted by Crippen LogP contribution is -2.60. The summed E-state index contributed by atoms with van der Waals surface area (Å²) in [5.41, 5.74) is 3.53. The van der Waals surface area contributed by atoms with Gasteiger partial charge in [-0.25, -0.2) is 0 Å². The van der Waals surface area contributed by atoms with Crippen molar-refractivity contribution in [1.29, 1.82) is 5.26 Å². The number of nitrogens with zero attached hydrogens (tertiary/aromatic N) is 2. The zero-order valence-corrected chi connectivity index (χ0v) is 20.9. The van der Waals surface area contributed by atoms with Gasteiger partial charge in [0, 0.05) is 0 Å². The van der Waals surface area contributed by atoms with Crippen molar-refractivity contribution in [1.82, 2.24) is 4.98 Å². The third-order valence-electron chi connectivity index (χ3n) is 4.82. The van der Waals surface area contributed by atoms with Crippen LogP contribution in [0, 0.1) is 23.2 Å². The van der Waals surface area contributed by atoms with Crippen LogP contribution < -0.4 is 4.23 Å². The van der Waals surface area contributed by atoms with E-state index in [2.05, 4.69) is 82.3 Å². The molecular formula is C21H41N3Si2. The van der Waals surface area contributed by atoms with Gasteiger partial charge in [0.15, 0.2) is 0 Å². The Hall–Kier alpha value is -0.996. The SMILES string of the molecule is CC(C)CCc1c(C#N)[nH]c(N([Si](C)(C)C)[Si](C)(C)C)c1CCC(C)C. The van der Waals surface area contributed by atoms with Crippen LogP contribution in [-0.2, 0) is 12.8 Å². The van der Waals surface area contributed by atoms with Crippen molar-refractivity contribution in [3.63, 3.8) is 0 Å². The van der Waals surface area contributed by atoms with Gasteiger partial charge in [-0.1, -0.05) is 67.0 Å². The molecule has 1 aromatic rings. The minimum absolute atomic E-state index is 0.655. The largest absolute Gasteiger partial charge is 0.411 e. The van der Waals surface area contributed by atoms with Crippen LogP contribution in [0.1, 0.15) is 57.4 Å². The fourth-order valence-corrected chi connectivity index (χ4v) is 13.7. The van der Waals surface area contributed by atoms with Gasteiger partial charge in [-0.15, -0.1) is 0 Å². The zero-order valence-electron chi connectivity index (χ0n) is 18.9. The first-order valence-electron chi connectivity index (χ1n) is 10.2. The number of nitrogens with one attached hydrogen (secondary N) is 1. The molecule has 0 fully saturated rings. The Morgan fingerprint density at radius 3 is 1.62 bits per heavy atom. The quantitative estimate of drug-likeness (QED) is 0.486. The normalized spacial score (nSPS) is 12.7. The number of hydrogen-bond donors (Lipinski definition) is 1. The third-order valence-corrected chi connectivity index (χ3v) is 12.0. The van der Waals surface area contributed by atoms with Gasteiger partial charge in [-0.3, -0.25) is 0 Å². The van der Waals surface area contributed by atoms with E-state index in [0.29, 0.717) is 11.8 Å². The zero-order chi connectivity index (χ0) is 20.3. The summed E-state index contributed by atoms with van der Waals surface area (Å²) < 4.78 is 2.75. The predicted molar refractivity (Wildman–Crippen MR) is 121 cm³/mol. The van der Waals surface area contributed by atoms with Crippen molar-refractivity contribution in [2.75, 3.05) is 4.23 Å². The van der Waals surface area contributed by atoms with E-state index in [-0.39, 0.29) is 0 Å². The van der Waals surface area contributed by atoms with Crippen LogP contribution in [-0.4, -0.2) is 21.5 Å². The van der Waals surface area contributed by atoms with Crippen LogP contribution in [0.5, 0.6) is 0 Å². The number of nitriles is 1. The summed E-state index contributed by atoms with van der Waals surface area (Å²) >= 11 is 0. The van der Waals surface area contributed by atoms with Crippen LogP contribution in [0.2, 0.25) is 39.3 Å². The summed E-state index contributed by atoms with van der Waals surface area (Å²) in [6.07, 6.45) is 4.40. The molecule has 1 heterocycles. The Balaban J connectivity index is 3.55. The Labute approximate surface area is 164 Å². The van der Waals surface area contributed by atoms with Crippen molar-refractivity contribution < 1.29 is 0 Å². The average Bonchev–Trinajstić information content (AvgIpc) is 2.76. The van der Waals surface area contributed by atoms with E-state index in [1.54, 1.807) is 0 Å². The number of hydrogen-bond acceptors (Lipinski definition) is 2. The second kappa shape index (κ2) is 8.79. The highest BCUT2D eigenvalue weighted by molar-refractivity contribution is 6.99. The molecule has 0 saturated carbocycles. The van der Waals surface area contributed by atoms with Gasteiger partial charge in [0.05, 0.1) is 5.82 Å². The number of H-pyrrole nitrogens is 1. The molecule has 0 saturated heterocycles. The summed E-state index contributed by atoms with van der Waals surface area (Å²) in [6.45, 7) is 23.7. The van der Waals surface area contributed by atoms with Crippen molar-refractivity contribution in [3.8, 4) is 6.07 Å². The molecule has 0 aliphatic rings. The molecule has 0 bridgehead atoms. The van der Waals surface area contributed by atoms with Crippen LogP contribution in [0.15, 0.2) is 0 Å². The highest BCUT2D eigenvalue weighted by Gasteiger charge is 2.37. The Morgan fingerprint density at radius 2 is 1.27 bits per heavy atom. The van der Waals surface area contributed by atoms with Gasteiger partial charge in [0.25, 0.3) is 0 Å².